The second kappa shape index (κ2) is 8.14. The number of rotatable bonds is 6. The minimum absolute atomic E-state index is 0.153. The number of ether oxygens (including phenoxy) is 2. The summed E-state index contributed by atoms with van der Waals surface area (Å²) in [6.07, 6.45) is 2.45. The molecule has 24 heavy (non-hydrogen) atoms. The summed E-state index contributed by atoms with van der Waals surface area (Å²) in [7, 11) is 2.13. The van der Waals surface area contributed by atoms with E-state index >= 15 is 0 Å². The van der Waals surface area contributed by atoms with Gasteiger partial charge in [-0.05, 0) is 38.1 Å². The lowest BCUT2D eigenvalue weighted by atomic mass is 10.2. The van der Waals surface area contributed by atoms with Crippen LogP contribution in [0.3, 0.4) is 0 Å². The van der Waals surface area contributed by atoms with E-state index in [9.17, 15) is 4.79 Å². The van der Waals surface area contributed by atoms with E-state index in [4.69, 9.17) is 9.47 Å². The van der Waals surface area contributed by atoms with Gasteiger partial charge in [0.25, 0.3) is 0 Å². The summed E-state index contributed by atoms with van der Waals surface area (Å²) >= 11 is 0. The highest BCUT2D eigenvalue weighted by Crippen LogP contribution is 2.27. The molecule has 6 nitrogen and oxygen atoms in total. The van der Waals surface area contributed by atoms with Crippen LogP contribution >= 0.6 is 0 Å². The number of nitrogens with zero attached hydrogens (tertiary/aromatic N) is 3. The Morgan fingerprint density at radius 3 is 2.58 bits per heavy atom. The van der Waals surface area contributed by atoms with E-state index in [0.29, 0.717) is 6.61 Å². The molecule has 0 bridgehead atoms. The van der Waals surface area contributed by atoms with Crippen molar-refractivity contribution in [3.05, 3.63) is 23.5 Å². The summed E-state index contributed by atoms with van der Waals surface area (Å²) in [6, 6.07) is 4.56. The molecule has 3 rings (SSSR count). The first-order chi connectivity index (χ1) is 11.6. The largest absolute Gasteiger partial charge is 0.464 e. The minimum Gasteiger partial charge on any atom is -0.464 e. The Bertz CT molecular complexity index is 546. The summed E-state index contributed by atoms with van der Waals surface area (Å²) in [5.74, 6) is -0.207. The molecule has 2 saturated heterocycles. The number of morpholine rings is 1. The number of hydrogen-bond donors (Lipinski definition) is 0. The van der Waals surface area contributed by atoms with Gasteiger partial charge in [-0.1, -0.05) is 0 Å². The maximum atomic E-state index is 11.3. The van der Waals surface area contributed by atoms with E-state index < -0.39 is 0 Å². The van der Waals surface area contributed by atoms with E-state index in [0.717, 1.165) is 45.9 Å². The molecule has 0 amide bonds. The fourth-order valence-corrected chi connectivity index (χ4v) is 3.68. The summed E-state index contributed by atoms with van der Waals surface area (Å²) in [5, 5.41) is 0. The molecule has 0 aromatic carbocycles. The smallest absolute Gasteiger partial charge is 0.302 e. The standard InChI is InChI=1S/C18H29N3O3/c1-15(22)24-14-18(21-7-3-4-8-21)17-6-5-16(19(17)2)13-20-9-11-23-12-10-20/h5-6,18H,3-4,7-14H2,1-2H3. The van der Waals surface area contributed by atoms with Gasteiger partial charge in [0, 0.05) is 45.0 Å². The van der Waals surface area contributed by atoms with Gasteiger partial charge in [0.2, 0.25) is 0 Å². The molecule has 1 atom stereocenters. The van der Waals surface area contributed by atoms with E-state index in [-0.39, 0.29) is 12.0 Å². The second-order valence-corrected chi connectivity index (χ2v) is 6.76. The van der Waals surface area contributed by atoms with E-state index in [1.54, 1.807) is 0 Å². The molecular weight excluding hydrogens is 306 g/mol. The molecule has 0 spiro atoms. The van der Waals surface area contributed by atoms with Gasteiger partial charge in [-0.25, -0.2) is 0 Å². The number of aromatic nitrogens is 1. The lowest BCUT2D eigenvalue weighted by molar-refractivity contribution is -0.142. The lowest BCUT2D eigenvalue weighted by Gasteiger charge is -2.29. The monoisotopic (exact) mass is 335 g/mol. The maximum Gasteiger partial charge on any atom is 0.302 e. The molecule has 0 N–H and O–H groups in total. The Balaban J connectivity index is 1.73. The minimum atomic E-state index is -0.207. The van der Waals surface area contributed by atoms with Gasteiger partial charge < -0.3 is 14.0 Å². The lowest BCUT2D eigenvalue weighted by Crippen LogP contribution is -2.36. The molecule has 3 heterocycles. The van der Waals surface area contributed by atoms with Crippen LogP contribution in [0.25, 0.3) is 0 Å². The molecule has 6 heteroatoms. The van der Waals surface area contributed by atoms with Gasteiger partial charge in [-0.15, -0.1) is 0 Å². The third kappa shape index (κ3) is 4.18. The Morgan fingerprint density at radius 2 is 1.92 bits per heavy atom. The average Bonchev–Trinajstić information content (AvgIpc) is 3.21. The van der Waals surface area contributed by atoms with Gasteiger partial charge >= 0.3 is 5.97 Å². The van der Waals surface area contributed by atoms with Crippen molar-refractivity contribution in [2.45, 2.75) is 32.4 Å². The molecule has 1 unspecified atom stereocenters. The number of esters is 1. The van der Waals surface area contributed by atoms with Crippen LogP contribution < -0.4 is 0 Å². The number of likely N-dealkylation sites (tertiary alicyclic amines) is 1. The van der Waals surface area contributed by atoms with Crippen LogP contribution in [0.1, 0.15) is 37.2 Å². The van der Waals surface area contributed by atoms with Crippen molar-refractivity contribution in [1.82, 2.24) is 14.4 Å². The predicted octanol–water partition coefficient (Wildman–Crippen LogP) is 1.56. The van der Waals surface area contributed by atoms with Crippen LogP contribution in [-0.2, 0) is 27.9 Å². The van der Waals surface area contributed by atoms with Gasteiger partial charge in [0.15, 0.2) is 0 Å². The zero-order valence-corrected chi connectivity index (χ0v) is 14.9. The van der Waals surface area contributed by atoms with Crippen LogP contribution in [0.15, 0.2) is 12.1 Å². The molecule has 0 radical (unpaired) electrons. The van der Waals surface area contributed by atoms with Crippen LogP contribution in [0, 0.1) is 0 Å². The zero-order chi connectivity index (χ0) is 16.9. The highest BCUT2D eigenvalue weighted by molar-refractivity contribution is 5.65. The van der Waals surface area contributed by atoms with E-state index in [2.05, 4.69) is 33.5 Å². The molecule has 1 aromatic heterocycles. The van der Waals surface area contributed by atoms with Crippen molar-refractivity contribution in [1.29, 1.82) is 0 Å². The van der Waals surface area contributed by atoms with Crippen LogP contribution in [0.2, 0.25) is 0 Å². The molecule has 2 aliphatic heterocycles. The van der Waals surface area contributed by atoms with Gasteiger partial charge in [-0.2, -0.15) is 0 Å². The van der Waals surface area contributed by atoms with Crippen molar-refractivity contribution in [2.75, 3.05) is 46.0 Å². The van der Waals surface area contributed by atoms with Crippen LogP contribution in [0.5, 0.6) is 0 Å². The molecule has 134 valence electrons. The highest BCUT2D eigenvalue weighted by Gasteiger charge is 2.27. The highest BCUT2D eigenvalue weighted by atomic mass is 16.5. The molecule has 2 fully saturated rings. The molecule has 0 saturated carbocycles. The summed E-state index contributed by atoms with van der Waals surface area (Å²) < 4.78 is 13.1. The average molecular weight is 335 g/mol. The van der Waals surface area contributed by atoms with Gasteiger partial charge in [-0.3, -0.25) is 14.6 Å². The van der Waals surface area contributed by atoms with Crippen LogP contribution in [-0.4, -0.2) is 66.3 Å². The fraction of sp³-hybridized carbons (Fsp3) is 0.722. The summed E-state index contributed by atoms with van der Waals surface area (Å²) in [4.78, 5) is 16.2. The normalized spacial score (nSPS) is 21.1. The van der Waals surface area contributed by atoms with Gasteiger partial charge in [0.1, 0.15) is 6.61 Å². The second-order valence-electron chi connectivity index (χ2n) is 6.76. The Labute approximate surface area is 144 Å². The van der Waals surface area contributed by atoms with E-state index in [1.165, 1.54) is 31.2 Å². The molecular formula is C18H29N3O3. The van der Waals surface area contributed by atoms with Crippen molar-refractivity contribution >= 4 is 5.97 Å². The summed E-state index contributed by atoms with van der Waals surface area (Å²) in [5.41, 5.74) is 2.54. The number of hydrogen-bond acceptors (Lipinski definition) is 5. The van der Waals surface area contributed by atoms with E-state index in [1.807, 2.05) is 0 Å². The fourth-order valence-electron chi connectivity index (χ4n) is 3.68. The maximum absolute atomic E-state index is 11.3. The van der Waals surface area contributed by atoms with Crippen LogP contribution in [0.4, 0.5) is 0 Å². The third-order valence-electron chi connectivity index (χ3n) is 5.12. The first-order valence-electron chi connectivity index (χ1n) is 8.97. The Hall–Kier alpha value is -1.37. The van der Waals surface area contributed by atoms with Crippen molar-refractivity contribution in [3.8, 4) is 0 Å². The topological polar surface area (TPSA) is 46.9 Å². The molecule has 1 aromatic rings. The SMILES string of the molecule is CC(=O)OCC(c1ccc(CN2CCOCC2)n1C)N1CCCC1. The third-order valence-corrected chi connectivity index (χ3v) is 5.12. The zero-order valence-electron chi connectivity index (χ0n) is 14.9. The van der Waals surface area contributed by atoms with Crippen molar-refractivity contribution in [2.24, 2.45) is 7.05 Å². The predicted molar refractivity (Wildman–Crippen MR) is 91.7 cm³/mol. The quantitative estimate of drug-likeness (QED) is 0.738. The Kier molecular flexibility index (Phi) is 5.92. The van der Waals surface area contributed by atoms with Gasteiger partial charge in [0.05, 0.1) is 19.3 Å². The van der Waals surface area contributed by atoms with Crippen molar-refractivity contribution < 1.29 is 14.3 Å². The molecule has 0 aliphatic carbocycles. The Morgan fingerprint density at radius 1 is 1.21 bits per heavy atom. The number of carbonyl (C=O) groups excluding carboxylic acids is 1. The van der Waals surface area contributed by atoms with Crippen molar-refractivity contribution in [3.63, 3.8) is 0 Å². The summed E-state index contributed by atoms with van der Waals surface area (Å²) in [6.45, 7) is 8.64. The first kappa shape index (κ1) is 17.5. The number of carbonyl (C=O) groups is 1. The first-order valence-corrected chi connectivity index (χ1v) is 8.97. The molecule has 2 aliphatic rings.